The summed E-state index contributed by atoms with van der Waals surface area (Å²) < 4.78 is 7.13. The summed E-state index contributed by atoms with van der Waals surface area (Å²) in [5.41, 5.74) is 2.65. The molecule has 0 spiro atoms. The Hall–Kier alpha value is -3.30. The van der Waals surface area contributed by atoms with Crippen LogP contribution in [0.4, 0.5) is 5.00 Å². The molecule has 0 bridgehead atoms. The molecule has 182 valence electrons. The van der Waals surface area contributed by atoms with Gasteiger partial charge in [0.2, 0.25) is 5.43 Å². The van der Waals surface area contributed by atoms with Crippen LogP contribution in [0.5, 0.6) is 0 Å². The largest absolute Gasteiger partial charge is 0.376 e. The summed E-state index contributed by atoms with van der Waals surface area (Å²) in [5, 5.41) is 10.6. The van der Waals surface area contributed by atoms with Crippen molar-refractivity contribution in [1.82, 2.24) is 15.1 Å². The van der Waals surface area contributed by atoms with Gasteiger partial charge < -0.3 is 15.4 Å². The van der Waals surface area contributed by atoms with Crippen molar-refractivity contribution < 1.29 is 14.3 Å². The second-order valence-electron chi connectivity index (χ2n) is 9.02. The summed E-state index contributed by atoms with van der Waals surface area (Å²) in [6.45, 7) is 3.15. The van der Waals surface area contributed by atoms with Crippen LogP contribution in [0.2, 0.25) is 0 Å². The maximum Gasteiger partial charge on any atom is 0.280 e. The Morgan fingerprint density at radius 1 is 1.11 bits per heavy atom. The maximum atomic E-state index is 13.2. The minimum atomic E-state index is -0.622. The zero-order valence-electron chi connectivity index (χ0n) is 19.6. The molecule has 2 amide bonds. The molecule has 1 saturated heterocycles. The summed E-state index contributed by atoms with van der Waals surface area (Å²) >= 11 is 1.42. The van der Waals surface area contributed by atoms with Gasteiger partial charge in [-0.25, -0.2) is 4.68 Å². The Labute approximate surface area is 207 Å². The number of ether oxygens (including phenoxy) is 1. The van der Waals surface area contributed by atoms with E-state index in [-0.39, 0.29) is 17.7 Å². The number of aryl methyl sites for hydroxylation is 2. The molecule has 8 nitrogen and oxygen atoms in total. The van der Waals surface area contributed by atoms with E-state index < -0.39 is 11.3 Å². The highest BCUT2D eigenvalue weighted by atomic mass is 32.1. The number of anilines is 1. The Morgan fingerprint density at radius 2 is 1.91 bits per heavy atom. The van der Waals surface area contributed by atoms with Crippen LogP contribution in [-0.2, 0) is 17.6 Å². The lowest BCUT2D eigenvalue weighted by molar-refractivity contribution is 0.0858. The molecule has 0 radical (unpaired) electrons. The number of nitrogens with one attached hydrogen (secondary N) is 2. The molecule has 9 heteroatoms. The van der Waals surface area contributed by atoms with Crippen LogP contribution in [0, 0.1) is 6.92 Å². The zero-order valence-corrected chi connectivity index (χ0v) is 20.5. The number of benzene rings is 1. The van der Waals surface area contributed by atoms with E-state index >= 15 is 0 Å². The highest BCUT2D eigenvalue weighted by molar-refractivity contribution is 7.17. The first kappa shape index (κ1) is 23.4. The molecule has 1 fully saturated rings. The predicted molar refractivity (Wildman–Crippen MR) is 135 cm³/mol. The monoisotopic (exact) mass is 492 g/mol. The maximum absolute atomic E-state index is 13.2. The highest BCUT2D eigenvalue weighted by Gasteiger charge is 2.28. The van der Waals surface area contributed by atoms with Gasteiger partial charge in [0.25, 0.3) is 11.8 Å². The minimum absolute atomic E-state index is 0.0280. The molecule has 2 N–H and O–H groups in total. The third kappa shape index (κ3) is 5.06. The fourth-order valence-electron chi connectivity index (χ4n) is 4.56. The lowest BCUT2D eigenvalue weighted by Gasteiger charge is -2.15. The van der Waals surface area contributed by atoms with E-state index in [1.165, 1.54) is 28.3 Å². The van der Waals surface area contributed by atoms with Crippen molar-refractivity contribution in [3.63, 3.8) is 0 Å². The summed E-state index contributed by atoms with van der Waals surface area (Å²) in [7, 11) is 0. The smallest absolute Gasteiger partial charge is 0.280 e. The van der Waals surface area contributed by atoms with E-state index in [1.54, 1.807) is 0 Å². The molecule has 5 rings (SSSR count). The third-order valence-corrected chi connectivity index (χ3v) is 7.67. The molecule has 3 heterocycles. The Bertz CT molecular complexity index is 1310. The summed E-state index contributed by atoms with van der Waals surface area (Å²) in [4.78, 5) is 40.1. The number of rotatable bonds is 6. The van der Waals surface area contributed by atoms with E-state index in [4.69, 9.17) is 4.74 Å². The first-order valence-electron chi connectivity index (χ1n) is 12.0. The van der Waals surface area contributed by atoms with Gasteiger partial charge in [-0.15, -0.1) is 11.3 Å². The number of carbonyl (C=O) groups is 2. The standard InChI is InChI=1S/C26H28N4O4S/c1-16-8-10-17(11-9-16)30-13-12-20(31)23(29-30)25(33)28-26-22(19-6-2-3-7-21(19)35-26)24(32)27-15-18-5-4-14-34-18/h8-13,18H,2-7,14-15H2,1H3,(H,27,32)(H,28,33). The molecule has 2 aliphatic rings. The van der Waals surface area contributed by atoms with E-state index in [0.29, 0.717) is 17.1 Å². The zero-order chi connectivity index (χ0) is 24.4. The topological polar surface area (TPSA) is 102 Å². The lowest BCUT2D eigenvalue weighted by atomic mass is 9.95. The average molecular weight is 493 g/mol. The molecule has 2 aromatic heterocycles. The van der Waals surface area contributed by atoms with Crippen LogP contribution >= 0.6 is 11.3 Å². The van der Waals surface area contributed by atoms with Crippen molar-refractivity contribution in [2.75, 3.05) is 18.5 Å². The number of aromatic nitrogens is 2. The predicted octanol–water partition coefficient (Wildman–Crippen LogP) is 3.64. The number of nitrogens with zero attached hydrogens (tertiary/aromatic N) is 2. The van der Waals surface area contributed by atoms with Crippen molar-refractivity contribution in [3.05, 3.63) is 74.0 Å². The van der Waals surface area contributed by atoms with E-state index in [1.807, 2.05) is 31.2 Å². The first-order valence-corrected chi connectivity index (χ1v) is 12.8. The second kappa shape index (κ2) is 10.1. The summed E-state index contributed by atoms with van der Waals surface area (Å²) in [5.74, 6) is -0.837. The molecule has 1 atom stereocenters. The number of amides is 2. The van der Waals surface area contributed by atoms with E-state index in [0.717, 1.165) is 66.8 Å². The summed E-state index contributed by atoms with van der Waals surface area (Å²) in [6.07, 6.45) is 7.24. The normalized spacial score (nSPS) is 17.1. The lowest BCUT2D eigenvalue weighted by Crippen LogP contribution is -2.33. The van der Waals surface area contributed by atoms with Crippen molar-refractivity contribution in [2.45, 2.75) is 51.6 Å². The van der Waals surface area contributed by atoms with E-state index in [9.17, 15) is 14.4 Å². The number of hydrogen-bond donors (Lipinski definition) is 2. The van der Waals surface area contributed by atoms with Crippen LogP contribution in [0.3, 0.4) is 0 Å². The number of hydrogen-bond acceptors (Lipinski definition) is 6. The molecule has 1 unspecified atom stereocenters. The molecule has 35 heavy (non-hydrogen) atoms. The van der Waals surface area contributed by atoms with Gasteiger partial charge in [0.15, 0.2) is 5.69 Å². The van der Waals surface area contributed by atoms with Gasteiger partial charge in [-0.05, 0) is 63.1 Å². The van der Waals surface area contributed by atoms with Crippen LogP contribution < -0.4 is 16.1 Å². The van der Waals surface area contributed by atoms with Gasteiger partial charge in [-0.2, -0.15) is 5.10 Å². The Morgan fingerprint density at radius 3 is 2.69 bits per heavy atom. The fourth-order valence-corrected chi connectivity index (χ4v) is 5.84. The van der Waals surface area contributed by atoms with Crippen molar-refractivity contribution in [1.29, 1.82) is 0 Å². The van der Waals surface area contributed by atoms with Gasteiger partial charge in [-0.1, -0.05) is 17.7 Å². The van der Waals surface area contributed by atoms with Crippen LogP contribution in [0.25, 0.3) is 5.69 Å². The SMILES string of the molecule is Cc1ccc(-n2ccc(=O)c(C(=O)Nc3sc4c(c3C(=O)NCC3CCCO3)CCCC4)n2)cc1. The average Bonchev–Trinajstić information content (AvgIpc) is 3.51. The first-order chi connectivity index (χ1) is 17.0. The van der Waals surface area contributed by atoms with Gasteiger partial charge in [0.1, 0.15) is 5.00 Å². The molecule has 0 saturated carbocycles. The van der Waals surface area contributed by atoms with E-state index in [2.05, 4.69) is 15.7 Å². The Kier molecular flexibility index (Phi) is 6.79. The van der Waals surface area contributed by atoms with Crippen molar-refractivity contribution in [2.24, 2.45) is 0 Å². The quantitative estimate of drug-likeness (QED) is 0.547. The molecular weight excluding hydrogens is 464 g/mol. The number of carbonyl (C=O) groups excluding carboxylic acids is 2. The fraction of sp³-hybridized carbons (Fsp3) is 0.385. The second-order valence-corrected chi connectivity index (χ2v) is 10.1. The van der Waals surface area contributed by atoms with Gasteiger partial charge in [0, 0.05) is 30.3 Å². The molecule has 1 aromatic carbocycles. The molecule has 1 aliphatic carbocycles. The van der Waals surface area contributed by atoms with Crippen molar-refractivity contribution >= 4 is 28.2 Å². The van der Waals surface area contributed by atoms with Crippen LogP contribution in [-0.4, -0.2) is 40.9 Å². The van der Waals surface area contributed by atoms with Gasteiger partial charge in [0.05, 0.1) is 17.4 Å². The Balaban J connectivity index is 1.41. The van der Waals surface area contributed by atoms with Crippen molar-refractivity contribution in [3.8, 4) is 5.69 Å². The van der Waals surface area contributed by atoms with Gasteiger partial charge in [-0.3, -0.25) is 14.4 Å². The number of fused-ring (bicyclic) bond motifs is 1. The minimum Gasteiger partial charge on any atom is -0.376 e. The number of thiophene rings is 1. The van der Waals surface area contributed by atoms with Crippen LogP contribution in [0.15, 0.2) is 41.3 Å². The summed E-state index contributed by atoms with van der Waals surface area (Å²) in [6, 6.07) is 8.95. The molecular formula is C26H28N4O4S. The van der Waals surface area contributed by atoms with Crippen LogP contribution in [0.1, 0.15) is 62.5 Å². The third-order valence-electron chi connectivity index (χ3n) is 6.46. The highest BCUT2D eigenvalue weighted by Crippen LogP contribution is 2.38. The molecule has 3 aromatic rings. The van der Waals surface area contributed by atoms with Gasteiger partial charge >= 0.3 is 0 Å². The molecule has 1 aliphatic heterocycles.